The van der Waals surface area contributed by atoms with E-state index in [1.807, 2.05) is 47.2 Å². The number of hydrogen-bond acceptors (Lipinski definition) is 4. The standard InChI is InChI=1S/C20H24N2O2S2/c23-19(11-9-17-7-5-15-25-17)21-13-3-1-2-4-14-22-20(24)12-10-18-8-6-16-26-18/h5-12,15-16H,1-4,13-14H2,(H,21,23)(H,22,24)/b11-9+,12-10+. The maximum atomic E-state index is 11.6. The molecule has 2 amide bonds. The molecular formula is C20H24N2O2S2. The highest BCUT2D eigenvalue weighted by molar-refractivity contribution is 7.11. The molecule has 2 aromatic rings. The Morgan fingerprint density at radius 2 is 1.23 bits per heavy atom. The molecule has 0 aromatic carbocycles. The molecule has 0 aliphatic heterocycles. The van der Waals surface area contributed by atoms with Crippen molar-refractivity contribution in [3.05, 3.63) is 56.9 Å². The molecule has 0 bridgehead atoms. The number of carbonyl (C=O) groups is 2. The SMILES string of the molecule is O=C(/C=C/c1cccs1)NCCCCCCNC(=O)/C=C/c1cccs1. The molecule has 26 heavy (non-hydrogen) atoms. The van der Waals surface area contributed by atoms with Gasteiger partial charge in [0.15, 0.2) is 0 Å². The lowest BCUT2D eigenvalue weighted by Crippen LogP contribution is -2.23. The monoisotopic (exact) mass is 388 g/mol. The molecule has 4 nitrogen and oxygen atoms in total. The first-order chi connectivity index (χ1) is 12.7. The molecule has 2 rings (SSSR count). The number of unbranched alkanes of at least 4 members (excludes halogenated alkanes) is 3. The second kappa shape index (κ2) is 12.2. The van der Waals surface area contributed by atoms with Crippen molar-refractivity contribution in [1.82, 2.24) is 10.6 Å². The first-order valence-electron chi connectivity index (χ1n) is 8.73. The molecule has 2 N–H and O–H groups in total. The van der Waals surface area contributed by atoms with E-state index in [2.05, 4.69) is 10.6 Å². The molecular weight excluding hydrogens is 364 g/mol. The number of thiophene rings is 2. The maximum absolute atomic E-state index is 11.6. The third kappa shape index (κ3) is 8.78. The van der Waals surface area contributed by atoms with Gasteiger partial charge in [-0.1, -0.05) is 25.0 Å². The van der Waals surface area contributed by atoms with Crippen molar-refractivity contribution in [3.63, 3.8) is 0 Å². The summed E-state index contributed by atoms with van der Waals surface area (Å²) in [5, 5.41) is 9.74. The summed E-state index contributed by atoms with van der Waals surface area (Å²) in [4.78, 5) is 25.4. The zero-order valence-electron chi connectivity index (χ0n) is 14.6. The third-order valence-corrected chi connectivity index (χ3v) is 5.26. The van der Waals surface area contributed by atoms with E-state index in [-0.39, 0.29) is 11.8 Å². The van der Waals surface area contributed by atoms with Crippen molar-refractivity contribution < 1.29 is 9.59 Å². The van der Waals surface area contributed by atoms with Crippen molar-refractivity contribution >= 4 is 46.6 Å². The Bertz CT molecular complexity index is 642. The molecule has 6 heteroatoms. The Morgan fingerprint density at radius 3 is 1.62 bits per heavy atom. The van der Waals surface area contributed by atoms with Crippen LogP contribution in [0.1, 0.15) is 35.4 Å². The first kappa shape index (κ1) is 20.1. The van der Waals surface area contributed by atoms with Crippen molar-refractivity contribution in [2.45, 2.75) is 25.7 Å². The number of hydrogen-bond donors (Lipinski definition) is 2. The highest BCUT2D eigenvalue weighted by Gasteiger charge is 1.97. The number of amides is 2. The molecule has 0 radical (unpaired) electrons. The van der Waals surface area contributed by atoms with Gasteiger partial charge in [0.25, 0.3) is 0 Å². The average molecular weight is 389 g/mol. The summed E-state index contributed by atoms with van der Waals surface area (Å²) in [5.41, 5.74) is 0. The Kier molecular flexibility index (Phi) is 9.46. The predicted molar refractivity (Wildman–Crippen MR) is 111 cm³/mol. The smallest absolute Gasteiger partial charge is 0.244 e. The third-order valence-electron chi connectivity index (χ3n) is 3.59. The molecule has 0 saturated carbocycles. The van der Waals surface area contributed by atoms with Gasteiger partial charge < -0.3 is 10.6 Å². The number of carbonyl (C=O) groups excluding carboxylic acids is 2. The number of nitrogens with one attached hydrogen (secondary N) is 2. The minimum absolute atomic E-state index is 0.0526. The van der Waals surface area contributed by atoms with Crippen molar-refractivity contribution in [2.24, 2.45) is 0 Å². The van der Waals surface area contributed by atoms with Gasteiger partial charge in [0.2, 0.25) is 11.8 Å². The molecule has 0 spiro atoms. The van der Waals surface area contributed by atoms with Gasteiger partial charge in [-0.2, -0.15) is 0 Å². The second-order valence-corrected chi connectivity index (χ2v) is 7.65. The van der Waals surface area contributed by atoms with Gasteiger partial charge >= 0.3 is 0 Å². The van der Waals surface area contributed by atoms with E-state index < -0.39 is 0 Å². The van der Waals surface area contributed by atoms with Gasteiger partial charge in [-0.25, -0.2) is 0 Å². The zero-order valence-corrected chi connectivity index (χ0v) is 16.3. The van der Waals surface area contributed by atoms with Crippen molar-refractivity contribution in [1.29, 1.82) is 0 Å². The van der Waals surface area contributed by atoms with Gasteiger partial charge in [-0.15, -0.1) is 22.7 Å². The molecule has 2 heterocycles. The van der Waals surface area contributed by atoms with Gasteiger partial charge in [-0.3, -0.25) is 9.59 Å². The Hall–Kier alpha value is -2.18. The van der Waals surface area contributed by atoms with E-state index in [9.17, 15) is 9.59 Å². The quantitative estimate of drug-likeness (QED) is 0.445. The van der Waals surface area contributed by atoms with Crippen LogP contribution in [0.4, 0.5) is 0 Å². The van der Waals surface area contributed by atoms with Gasteiger partial charge in [0.05, 0.1) is 0 Å². The van der Waals surface area contributed by atoms with E-state index in [0.717, 1.165) is 35.4 Å². The van der Waals surface area contributed by atoms with E-state index in [1.165, 1.54) is 0 Å². The lowest BCUT2D eigenvalue weighted by molar-refractivity contribution is -0.117. The van der Waals surface area contributed by atoms with E-state index in [0.29, 0.717) is 13.1 Å². The summed E-state index contributed by atoms with van der Waals surface area (Å²) in [6.45, 7) is 1.37. The Labute approximate surface area is 162 Å². The Morgan fingerprint density at radius 1 is 0.769 bits per heavy atom. The van der Waals surface area contributed by atoms with E-state index >= 15 is 0 Å². The topological polar surface area (TPSA) is 58.2 Å². The van der Waals surface area contributed by atoms with Crippen LogP contribution >= 0.6 is 22.7 Å². The first-order valence-corrected chi connectivity index (χ1v) is 10.5. The Balaban J connectivity index is 1.43. The largest absolute Gasteiger partial charge is 0.353 e. The molecule has 138 valence electrons. The van der Waals surface area contributed by atoms with Crippen LogP contribution in [0.25, 0.3) is 12.2 Å². The average Bonchev–Trinajstić information content (AvgIpc) is 3.34. The molecule has 0 fully saturated rings. The lowest BCUT2D eigenvalue weighted by Gasteiger charge is -2.04. The zero-order chi connectivity index (χ0) is 18.5. The van der Waals surface area contributed by atoms with Crippen LogP contribution < -0.4 is 10.6 Å². The fourth-order valence-corrected chi connectivity index (χ4v) is 3.47. The molecule has 0 aliphatic rings. The van der Waals surface area contributed by atoms with Crippen LogP contribution in [0, 0.1) is 0 Å². The van der Waals surface area contributed by atoms with Crippen molar-refractivity contribution in [2.75, 3.05) is 13.1 Å². The van der Waals surface area contributed by atoms with Crippen LogP contribution in [0.15, 0.2) is 47.2 Å². The maximum Gasteiger partial charge on any atom is 0.244 e. The lowest BCUT2D eigenvalue weighted by atomic mass is 10.2. The van der Waals surface area contributed by atoms with E-state index in [1.54, 1.807) is 34.8 Å². The summed E-state index contributed by atoms with van der Waals surface area (Å²) >= 11 is 3.22. The predicted octanol–water partition coefficient (Wildman–Crippen LogP) is 4.33. The summed E-state index contributed by atoms with van der Waals surface area (Å²) in [6.07, 6.45) is 10.8. The summed E-state index contributed by atoms with van der Waals surface area (Å²) in [6, 6.07) is 7.88. The minimum atomic E-state index is -0.0526. The van der Waals surface area contributed by atoms with Crippen LogP contribution in [0.3, 0.4) is 0 Å². The van der Waals surface area contributed by atoms with Crippen LogP contribution in [0.2, 0.25) is 0 Å². The molecule has 0 unspecified atom stereocenters. The van der Waals surface area contributed by atoms with E-state index in [4.69, 9.17) is 0 Å². The van der Waals surface area contributed by atoms with Gasteiger partial charge in [0.1, 0.15) is 0 Å². The summed E-state index contributed by atoms with van der Waals surface area (Å²) < 4.78 is 0. The van der Waals surface area contributed by atoms with Crippen LogP contribution in [-0.4, -0.2) is 24.9 Å². The highest BCUT2D eigenvalue weighted by Crippen LogP contribution is 2.10. The number of rotatable bonds is 11. The molecule has 0 atom stereocenters. The normalized spacial score (nSPS) is 11.2. The van der Waals surface area contributed by atoms with Crippen LogP contribution in [-0.2, 0) is 9.59 Å². The summed E-state index contributed by atoms with van der Waals surface area (Å²) in [5.74, 6) is -0.105. The summed E-state index contributed by atoms with van der Waals surface area (Å²) in [7, 11) is 0. The second-order valence-electron chi connectivity index (χ2n) is 5.69. The molecule has 2 aromatic heterocycles. The molecule has 0 aliphatic carbocycles. The van der Waals surface area contributed by atoms with Crippen LogP contribution in [0.5, 0.6) is 0 Å². The fourth-order valence-electron chi connectivity index (χ4n) is 2.23. The van der Waals surface area contributed by atoms with Gasteiger partial charge in [-0.05, 0) is 47.9 Å². The molecule has 0 saturated heterocycles. The minimum Gasteiger partial charge on any atom is -0.353 e. The highest BCUT2D eigenvalue weighted by atomic mass is 32.1. The van der Waals surface area contributed by atoms with Crippen molar-refractivity contribution in [3.8, 4) is 0 Å². The van der Waals surface area contributed by atoms with Gasteiger partial charge in [0, 0.05) is 35.0 Å². The fraction of sp³-hybridized carbons (Fsp3) is 0.300.